The fourth-order valence-electron chi connectivity index (χ4n) is 1.75. The molecule has 1 saturated heterocycles. The second-order valence-electron chi connectivity index (χ2n) is 3.99. The second-order valence-corrected chi connectivity index (χ2v) is 3.99. The summed E-state index contributed by atoms with van der Waals surface area (Å²) in [5.41, 5.74) is 0. The van der Waals surface area contributed by atoms with E-state index in [4.69, 9.17) is 4.52 Å². The highest BCUT2D eigenvalue weighted by Crippen LogP contribution is 2.22. The fourth-order valence-corrected chi connectivity index (χ4v) is 1.75. The lowest BCUT2D eigenvalue weighted by molar-refractivity contribution is 0.322. The SMILES string of the molecule is CCN(C)c1noc(C2CCCNC2)n1. The first-order chi connectivity index (χ1) is 7.31. The van der Waals surface area contributed by atoms with Crippen molar-refractivity contribution < 1.29 is 4.52 Å². The molecule has 1 aromatic heterocycles. The van der Waals surface area contributed by atoms with Crippen molar-refractivity contribution in [2.45, 2.75) is 25.7 Å². The van der Waals surface area contributed by atoms with Gasteiger partial charge in [0.25, 0.3) is 5.95 Å². The van der Waals surface area contributed by atoms with Crippen molar-refractivity contribution in [2.75, 3.05) is 31.6 Å². The molecule has 5 heteroatoms. The third kappa shape index (κ3) is 2.28. The van der Waals surface area contributed by atoms with Crippen molar-refractivity contribution in [3.63, 3.8) is 0 Å². The Kier molecular flexibility index (Phi) is 3.20. The highest BCUT2D eigenvalue weighted by molar-refractivity contribution is 5.25. The van der Waals surface area contributed by atoms with Gasteiger partial charge in [-0.3, -0.25) is 0 Å². The minimum atomic E-state index is 0.394. The van der Waals surface area contributed by atoms with Crippen LogP contribution in [0.3, 0.4) is 0 Å². The quantitative estimate of drug-likeness (QED) is 0.806. The zero-order valence-corrected chi connectivity index (χ0v) is 9.36. The molecule has 1 atom stereocenters. The third-order valence-electron chi connectivity index (χ3n) is 2.89. The van der Waals surface area contributed by atoms with Gasteiger partial charge in [0.15, 0.2) is 0 Å². The molecular weight excluding hydrogens is 192 g/mol. The Hall–Kier alpha value is -1.10. The van der Waals surface area contributed by atoms with Gasteiger partial charge in [-0.2, -0.15) is 4.98 Å². The Morgan fingerprint density at radius 2 is 2.47 bits per heavy atom. The van der Waals surface area contributed by atoms with Crippen molar-refractivity contribution in [1.82, 2.24) is 15.5 Å². The van der Waals surface area contributed by atoms with Crippen LogP contribution in [0.4, 0.5) is 5.95 Å². The number of nitrogens with one attached hydrogen (secondary N) is 1. The molecule has 1 aliphatic heterocycles. The maximum atomic E-state index is 5.28. The fraction of sp³-hybridized carbons (Fsp3) is 0.800. The summed E-state index contributed by atoms with van der Waals surface area (Å²) in [5, 5.41) is 7.32. The Bertz CT molecular complexity index is 306. The summed E-state index contributed by atoms with van der Waals surface area (Å²) in [6.07, 6.45) is 2.33. The Labute approximate surface area is 89.8 Å². The Morgan fingerprint density at radius 3 is 3.13 bits per heavy atom. The molecule has 0 saturated carbocycles. The van der Waals surface area contributed by atoms with E-state index in [1.54, 1.807) is 0 Å². The lowest BCUT2D eigenvalue weighted by Crippen LogP contribution is -2.28. The van der Waals surface area contributed by atoms with Crippen LogP contribution in [0.5, 0.6) is 0 Å². The molecule has 0 amide bonds. The van der Waals surface area contributed by atoms with Crippen molar-refractivity contribution in [3.8, 4) is 0 Å². The first-order valence-electron chi connectivity index (χ1n) is 5.56. The normalized spacial score (nSPS) is 21.6. The molecule has 0 radical (unpaired) electrons. The molecule has 0 bridgehead atoms. The van der Waals surface area contributed by atoms with Crippen LogP contribution < -0.4 is 10.2 Å². The van der Waals surface area contributed by atoms with E-state index >= 15 is 0 Å². The van der Waals surface area contributed by atoms with E-state index in [0.29, 0.717) is 11.9 Å². The molecule has 1 N–H and O–H groups in total. The molecule has 0 spiro atoms. The Morgan fingerprint density at radius 1 is 1.60 bits per heavy atom. The van der Waals surface area contributed by atoms with Crippen molar-refractivity contribution >= 4 is 5.95 Å². The van der Waals surface area contributed by atoms with Gasteiger partial charge in [-0.1, -0.05) is 0 Å². The van der Waals surface area contributed by atoms with Crippen LogP contribution in [0.1, 0.15) is 31.6 Å². The van der Waals surface area contributed by atoms with E-state index in [9.17, 15) is 0 Å². The van der Waals surface area contributed by atoms with Gasteiger partial charge in [0, 0.05) is 20.1 Å². The van der Waals surface area contributed by atoms with E-state index < -0.39 is 0 Å². The van der Waals surface area contributed by atoms with E-state index in [1.165, 1.54) is 6.42 Å². The largest absolute Gasteiger partial charge is 0.342 e. The predicted octanol–water partition coefficient (Wildman–Crippen LogP) is 0.993. The lowest BCUT2D eigenvalue weighted by atomic mass is 10.00. The first-order valence-corrected chi connectivity index (χ1v) is 5.56. The number of hydrogen-bond donors (Lipinski definition) is 1. The standard InChI is InChI=1S/C10H18N4O/c1-3-14(2)10-12-9(15-13-10)8-5-4-6-11-7-8/h8,11H,3-7H2,1-2H3. The van der Waals surface area contributed by atoms with Crippen LogP contribution in [-0.4, -0.2) is 36.8 Å². The maximum Gasteiger partial charge on any atom is 0.265 e. The van der Waals surface area contributed by atoms with Gasteiger partial charge in [-0.15, -0.1) is 0 Å². The molecule has 15 heavy (non-hydrogen) atoms. The minimum Gasteiger partial charge on any atom is -0.342 e. The summed E-state index contributed by atoms with van der Waals surface area (Å²) in [6, 6.07) is 0. The molecular formula is C10H18N4O. The van der Waals surface area contributed by atoms with Gasteiger partial charge in [0.05, 0.1) is 5.92 Å². The van der Waals surface area contributed by atoms with E-state index in [2.05, 4.69) is 22.4 Å². The average Bonchev–Trinajstić information content (AvgIpc) is 2.78. The van der Waals surface area contributed by atoms with Gasteiger partial charge in [0.1, 0.15) is 0 Å². The summed E-state index contributed by atoms with van der Waals surface area (Å²) in [4.78, 5) is 6.39. The average molecular weight is 210 g/mol. The third-order valence-corrected chi connectivity index (χ3v) is 2.89. The van der Waals surface area contributed by atoms with Crippen LogP contribution in [0, 0.1) is 0 Å². The van der Waals surface area contributed by atoms with Gasteiger partial charge in [-0.25, -0.2) is 0 Å². The topological polar surface area (TPSA) is 54.2 Å². The minimum absolute atomic E-state index is 0.394. The smallest absolute Gasteiger partial charge is 0.265 e. The lowest BCUT2D eigenvalue weighted by Gasteiger charge is -2.18. The van der Waals surface area contributed by atoms with E-state index in [-0.39, 0.29) is 0 Å². The van der Waals surface area contributed by atoms with Crippen LogP contribution in [0.15, 0.2) is 4.52 Å². The molecule has 0 aromatic carbocycles. The first kappa shape index (κ1) is 10.4. The molecule has 1 fully saturated rings. The number of rotatable bonds is 3. The summed E-state index contributed by atoms with van der Waals surface area (Å²) in [7, 11) is 1.97. The van der Waals surface area contributed by atoms with Crippen LogP contribution in [0.2, 0.25) is 0 Å². The van der Waals surface area contributed by atoms with Crippen LogP contribution in [-0.2, 0) is 0 Å². The highest BCUT2D eigenvalue weighted by atomic mass is 16.5. The Balaban J connectivity index is 2.05. The summed E-state index contributed by atoms with van der Waals surface area (Å²) < 4.78 is 5.28. The van der Waals surface area contributed by atoms with Gasteiger partial charge >= 0.3 is 0 Å². The number of aromatic nitrogens is 2. The van der Waals surface area contributed by atoms with Crippen molar-refractivity contribution in [2.24, 2.45) is 0 Å². The van der Waals surface area contributed by atoms with Crippen LogP contribution >= 0.6 is 0 Å². The summed E-state index contributed by atoms with van der Waals surface area (Å²) in [5.74, 6) is 1.86. The van der Waals surface area contributed by atoms with Gasteiger partial charge < -0.3 is 14.7 Å². The molecule has 1 aliphatic rings. The monoisotopic (exact) mass is 210 g/mol. The number of hydrogen-bond acceptors (Lipinski definition) is 5. The van der Waals surface area contributed by atoms with Gasteiger partial charge in [-0.05, 0) is 31.5 Å². The summed E-state index contributed by atoms with van der Waals surface area (Å²) >= 11 is 0. The van der Waals surface area contributed by atoms with Crippen molar-refractivity contribution in [1.29, 1.82) is 0 Å². The molecule has 0 aliphatic carbocycles. The van der Waals surface area contributed by atoms with Crippen molar-refractivity contribution in [3.05, 3.63) is 5.89 Å². The predicted molar refractivity (Wildman–Crippen MR) is 58.1 cm³/mol. The second kappa shape index (κ2) is 4.61. The van der Waals surface area contributed by atoms with Crippen LogP contribution in [0.25, 0.3) is 0 Å². The number of nitrogens with zero attached hydrogens (tertiary/aromatic N) is 3. The van der Waals surface area contributed by atoms with Gasteiger partial charge in [0.2, 0.25) is 5.89 Å². The number of piperidine rings is 1. The van der Waals surface area contributed by atoms with E-state index in [1.807, 2.05) is 11.9 Å². The zero-order chi connectivity index (χ0) is 10.7. The zero-order valence-electron chi connectivity index (χ0n) is 9.36. The molecule has 2 rings (SSSR count). The molecule has 84 valence electrons. The molecule has 5 nitrogen and oxygen atoms in total. The molecule has 1 unspecified atom stereocenters. The van der Waals surface area contributed by atoms with E-state index in [0.717, 1.165) is 31.9 Å². The summed E-state index contributed by atoms with van der Waals surface area (Å²) in [6.45, 7) is 5.02. The highest BCUT2D eigenvalue weighted by Gasteiger charge is 2.21. The number of anilines is 1. The maximum absolute atomic E-state index is 5.28. The molecule has 2 heterocycles. The molecule has 1 aromatic rings.